The van der Waals surface area contributed by atoms with Gasteiger partial charge in [0, 0.05) is 11.8 Å². The number of hydrogen-bond donors (Lipinski definition) is 2. The van der Waals surface area contributed by atoms with E-state index >= 15 is 0 Å². The summed E-state index contributed by atoms with van der Waals surface area (Å²) in [5, 5.41) is 5.86. The van der Waals surface area contributed by atoms with Crippen LogP contribution < -0.4 is 15.4 Å². The standard InChI is InChI=1S/C14H18F2N2O2/c1-9-5-6-10(8-12(9)20-14(15)16)18-13(19)11-4-2-3-7-17-11/h5-6,8,11,14,17H,2-4,7H2,1H3,(H,18,19). The molecule has 20 heavy (non-hydrogen) atoms. The van der Waals surface area contributed by atoms with Crippen molar-refractivity contribution in [2.75, 3.05) is 11.9 Å². The summed E-state index contributed by atoms with van der Waals surface area (Å²) in [4.78, 5) is 12.0. The highest BCUT2D eigenvalue weighted by atomic mass is 19.3. The van der Waals surface area contributed by atoms with Gasteiger partial charge in [-0.25, -0.2) is 0 Å². The maximum absolute atomic E-state index is 12.3. The Labute approximate surface area is 116 Å². The number of amides is 1. The molecule has 1 aliphatic rings. The van der Waals surface area contributed by atoms with Gasteiger partial charge in [0.05, 0.1) is 6.04 Å². The maximum Gasteiger partial charge on any atom is 0.387 e. The highest BCUT2D eigenvalue weighted by molar-refractivity contribution is 5.95. The third kappa shape index (κ3) is 3.90. The van der Waals surface area contributed by atoms with Crippen molar-refractivity contribution >= 4 is 11.6 Å². The Morgan fingerprint density at radius 2 is 2.25 bits per heavy atom. The van der Waals surface area contributed by atoms with Gasteiger partial charge >= 0.3 is 6.61 Å². The molecule has 1 atom stereocenters. The minimum atomic E-state index is -2.88. The number of ether oxygens (including phenoxy) is 1. The van der Waals surface area contributed by atoms with Crippen molar-refractivity contribution in [2.45, 2.75) is 38.8 Å². The van der Waals surface area contributed by atoms with Gasteiger partial charge < -0.3 is 15.4 Å². The van der Waals surface area contributed by atoms with E-state index < -0.39 is 6.61 Å². The molecule has 110 valence electrons. The molecule has 1 aromatic carbocycles. The van der Waals surface area contributed by atoms with E-state index in [1.54, 1.807) is 19.1 Å². The third-order valence-corrected chi connectivity index (χ3v) is 3.30. The van der Waals surface area contributed by atoms with Gasteiger partial charge in [0.15, 0.2) is 0 Å². The summed E-state index contributed by atoms with van der Waals surface area (Å²) in [7, 11) is 0. The van der Waals surface area contributed by atoms with Crippen molar-refractivity contribution in [3.63, 3.8) is 0 Å². The Bertz CT molecular complexity index is 474. The van der Waals surface area contributed by atoms with Crippen LogP contribution in [0.4, 0.5) is 14.5 Å². The zero-order chi connectivity index (χ0) is 14.5. The lowest BCUT2D eigenvalue weighted by Crippen LogP contribution is -2.43. The predicted octanol–water partition coefficient (Wildman–Crippen LogP) is 2.68. The lowest BCUT2D eigenvalue weighted by molar-refractivity contribution is -0.118. The van der Waals surface area contributed by atoms with E-state index in [0.717, 1.165) is 25.8 Å². The molecular weight excluding hydrogens is 266 g/mol. The van der Waals surface area contributed by atoms with E-state index in [1.165, 1.54) is 6.07 Å². The minimum Gasteiger partial charge on any atom is -0.434 e. The van der Waals surface area contributed by atoms with Gasteiger partial charge in [0.1, 0.15) is 5.75 Å². The number of nitrogens with one attached hydrogen (secondary N) is 2. The van der Waals surface area contributed by atoms with E-state index in [2.05, 4.69) is 15.4 Å². The number of carbonyl (C=O) groups is 1. The smallest absolute Gasteiger partial charge is 0.387 e. The van der Waals surface area contributed by atoms with Crippen molar-refractivity contribution in [2.24, 2.45) is 0 Å². The predicted molar refractivity (Wildman–Crippen MR) is 72.1 cm³/mol. The molecule has 4 nitrogen and oxygen atoms in total. The lowest BCUT2D eigenvalue weighted by Gasteiger charge is -2.22. The van der Waals surface area contributed by atoms with E-state index in [9.17, 15) is 13.6 Å². The van der Waals surface area contributed by atoms with Crippen LogP contribution in [0.3, 0.4) is 0 Å². The molecule has 0 saturated carbocycles. The molecule has 0 spiro atoms. The largest absolute Gasteiger partial charge is 0.434 e. The van der Waals surface area contributed by atoms with Gasteiger partial charge in [-0.15, -0.1) is 0 Å². The highest BCUT2D eigenvalue weighted by Gasteiger charge is 2.20. The molecule has 1 heterocycles. The molecule has 1 aliphatic heterocycles. The molecule has 0 bridgehead atoms. The monoisotopic (exact) mass is 284 g/mol. The number of anilines is 1. The Hall–Kier alpha value is -1.69. The Morgan fingerprint density at radius 1 is 1.45 bits per heavy atom. The Morgan fingerprint density at radius 3 is 2.90 bits per heavy atom. The number of aryl methyl sites for hydroxylation is 1. The number of benzene rings is 1. The van der Waals surface area contributed by atoms with Crippen molar-refractivity contribution in [3.8, 4) is 5.75 Å². The summed E-state index contributed by atoms with van der Waals surface area (Å²) < 4.78 is 28.9. The van der Waals surface area contributed by atoms with Crippen LogP contribution in [-0.2, 0) is 4.79 Å². The molecule has 6 heteroatoms. The fourth-order valence-electron chi connectivity index (χ4n) is 2.21. The number of hydrogen-bond acceptors (Lipinski definition) is 3. The van der Waals surface area contributed by atoms with Crippen LogP contribution in [0.5, 0.6) is 5.75 Å². The van der Waals surface area contributed by atoms with Crippen LogP contribution >= 0.6 is 0 Å². The number of rotatable bonds is 4. The summed E-state index contributed by atoms with van der Waals surface area (Å²) in [5.41, 5.74) is 1.06. The van der Waals surface area contributed by atoms with Crippen molar-refractivity contribution in [1.29, 1.82) is 0 Å². The van der Waals surface area contributed by atoms with Gasteiger partial charge in [-0.1, -0.05) is 12.5 Å². The average Bonchev–Trinajstić information content (AvgIpc) is 2.43. The van der Waals surface area contributed by atoms with E-state index in [0.29, 0.717) is 11.3 Å². The van der Waals surface area contributed by atoms with E-state index in [4.69, 9.17) is 0 Å². The molecule has 1 unspecified atom stereocenters. The number of piperidine rings is 1. The van der Waals surface area contributed by atoms with Crippen LogP contribution in [0.25, 0.3) is 0 Å². The van der Waals surface area contributed by atoms with Crippen LogP contribution in [0.2, 0.25) is 0 Å². The minimum absolute atomic E-state index is 0.0782. The van der Waals surface area contributed by atoms with Crippen molar-refractivity contribution < 1.29 is 18.3 Å². The molecule has 1 amide bonds. The average molecular weight is 284 g/mol. The second-order valence-corrected chi connectivity index (χ2v) is 4.85. The fraction of sp³-hybridized carbons (Fsp3) is 0.500. The molecular formula is C14H18F2N2O2. The summed E-state index contributed by atoms with van der Waals surface area (Å²) >= 11 is 0. The SMILES string of the molecule is Cc1ccc(NC(=O)C2CCCCN2)cc1OC(F)F. The van der Waals surface area contributed by atoms with Crippen molar-refractivity contribution in [1.82, 2.24) is 5.32 Å². The van der Waals surface area contributed by atoms with E-state index in [-0.39, 0.29) is 17.7 Å². The topological polar surface area (TPSA) is 50.4 Å². The van der Waals surface area contributed by atoms with Gasteiger partial charge in [0.25, 0.3) is 0 Å². The first-order valence-electron chi connectivity index (χ1n) is 6.66. The molecule has 1 fully saturated rings. The lowest BCUT2D eigenvalue weighted by atomic mass is 10.0. The second-order valence-electron chi connectivity index (χ2n) is 4.85. The first-order chi connectivity index (χ1) is 9.56. The summed E-state index contributed by atoms with van der Waals surface area (Å²) in [6, 6.07) is 4.52. The van der Waals surface area contributed by atoms with Crippen LogP contribution in [-0.4, -0.2) is 25.1 Å². The van der Waals surface area contributed by atoms with Gasteiger partial charge in [-0.05, 0) is 37.9 Å². The van der Waals surface area contributed by atoms with E-state index in [1.807, 2.05) is 0 Å². The molecule has 2 N–H and O–H groups in total. The normalized spacial score (nSPS) is 18.9. The first-order valence-corrected chi connectivity index (χ1v) is 6.66. The zero-order valence-corrected chi connectivity index (χ0v) is 11.3. The molecule has 2 rings (SSSR count). The Kier molecular flexibility index (Phi) is 4.89. The summed E-state index contributed by atoms with van der Waals surface area (Å²) in [5.74, 6) is -0.0639. The second kappa shape index (κ2) is 6.65. The maximum atomic E-state index is 12.3. The first kappa shape index (κ1) is 14.7. The summed E-state index contributed by atoms with van der Waals surface area (Å²) in [6.45, 7) is -0.378. The van der Waals surface area contributed by atoms with Crippen molar-refractivity contribution in [3.05, 3.63) is 23.8 Å². The number of carbonyl (C=O) groups excluding carboxylic acids is 1. The molecule has 0 aliphatic carbocycles. The van der Waals surface area contributed by atoms with Gasteiger partial charge in [-0.2, -0.15) is 8.78 Å². The summed E-state index contributed by atoms with van der Waals surface area (Å²) in [6.07, 6.45) is 2.87. The molecule has 1 aromatic rings. The molecule has 1 saturated heterocycles. The van der Waals surface area contributed by atoms with Gasteiger partial charge in [0.2, 0.25) is 5.91 Å². The highest BCUT2D eigenvalue weighted by Crippen LogP contribution is 2.24. The van der Waals surface area contributed by atoms with Crippen LogP contribution in [0, 0.1) is 6.92 Å². The Balaban J connectivity index is 2.03. The molecule has 0 aromatic heterocycles. The molecule has 0 radical (unpaired) electrons. The number of halogens is 2. The quantitative estimate of drug-likeness (QED) is 0.893. The number of alkyl halides is 2. The third-order valence-electron chi connectivity index (χ3n) is 3.30. The van der Waals surface area contributed by atoms with Crippen LogP contribution in [0.15, 0.2) is 18.2 Å². The van der Waals surface area contributed by atoms with Gasteiger partial charge in [-0.3, -0.25) is 4.79 Å². The van der Waals surface area contributed by atoms with Crippen LogP contribution in [0.1, 0.15) is 24.8 Å². The zero-order valence-electron chi connectivity index (χ0n) is 11.3. The fourth-order valence-corrected chi connectivity index (χ4v) is 2.21.